The molecule has 0 saturated heterocycles. The van der Waals surface area contributed by atoms with Crippen molar-refractivity contribution >= 4 is 22.0 Å². The van der Waals surface area contributed by atoms with Gasteiger partial charge in [0.1, 0.15) is 5.76 Å². The van der Waals surface area contributed by atoms with Gasteiger partial charge < -0.3 is 14.6 Å². The highest BCUT2D eigenvalue weighted by Crippen LogP contribution is 2.44. The summed E-state index contributed by atoms with van der Waals surface area (Å²) in [5.41, 5.74) is -0.0629. The molecule has 2 rings (SSSR count). The van der Waals surface area contributed by atoms with E-state index in [2.05, 4.69) is 22.5 Å². The van der Waals surface area contributed by atoms with E-state index < -0.39 is 23.6 Å². The number of aliphatic hydroxyl groups excluding tert-OH is 1. The van der Waals surface area contributed by atoms with Crippen LogP contribution in [0.5, 0.6) is 11.5 Å². The van der Waals surface area contributed by atoms with E-state index in [0.717, 1.165) is 0 Å². The minimum absolute atomic E-state index is 0.0250. The van der Waals surface area contributed by atoms with Crippen molar-refractivity contribution in [3.8, 4) is 11.5 Å². The molecule has 1 aliphatic heterocycles. The molecule has 1 heterocycles. The van der Waals surface area contributed by atoms with Crippen LogP contribution in [0.25, 0.3) is 6.08 Å². The van der Waals surface area contributed by atoms with Crippen molar-refractivity contribution in [1.29, 1.82) is 0 Å². The minimum Gasteiger partial charge on any atom is -0.508 e. The summed E-state index contributed by atoms with van der Waals surface area (Å²) >= 11 is 3.22. The van der Waals surface area contributed by atoms with E-state index in [0.29, 0.717) is 10.0 Å². The van der Waals surface area contributed by atoms with E-state index in [1.807, 2.05) is 0 Å². The van der Waals surface area contributed by atoms with E-state index in [-0.39, 0.29) is 11.5 Å². The molecule has 0 fully saturated rings. The predicted molar refractivity (Wildman–Crippen MR) is 70.9 cm³/mol. The molecule has 0 aliphatic carbocycles. The smallest absolute Gasteiger partial charge is 0.429 e. The van der Waals surface area contributed by atoms with Crippen molar-refractivity contribution in [2.45, 2.75) is 12.3 Å². The maximum absolute atomic E-state index is 13.0. The van der Waals surface area contributed by atoms with Gasteiger partial charge in [-0.15, -0.1) is 0 Å². The number of hydrogen-bond donors (Lipinski definition) is 1. The number of hydrogen-bond acceptors (Lipinski definition) is 3. The average Bonchev–Trinajstić information content (AvgIpc) is 2.34. The van der Waals surface area contributed by atoms with Crippen LogP contribution in [0.3, 0.4) is 0 Å². The fraction of sp³-hybridized carbons (Fsp3) is 0.231. The van der Waals surface area contributed by atoms with Crippen molar-refractivity contribution in [2.75, 3.05) is 7.11 Å². The van der Waals surface area contributed by atoms with Gasteiger partial charge >= 0.3 is 6.18 Å². The quantitative estimate of drug-likeness (QED) is 0.811. The first kappa shape index (κ1) is 14.8. The summed E-state index contributed by atoms with van der Waals surface area (Å²) in [5, 5.41) is 9.35. The summed E-state index contributed by atoms with van der Waals surface area (Å²) in [6.07, 6.45) is -5.76. The highest BCUT2D eigenvalue weighted by Gasteiger charge is 2.47. The van der Waals surface area contributed by atoms with Crippen LogP contribution in [-0.4, -0.2) is 24.5 Å². The van der Waals surface area contributed by atoms with Crippen LogP contribution >= 0.6 is 15.9 Å². The van der Waals surface area contributed by atoms with Crippen molar-refractivity contribution in [3.05, 3.63) is 40.1 Å². The van der Waals surface area contributed by atoms with Gasteiger partial charge in [0.2, 0.25) is 6.10 Å². The van der Waals surface area contributed by atoms with Gasteiger partial charge in [-0.05, 0) is 18.2 Å². The summed E-state index contributed by atoms with van der Waals surface area (Å²) < 4.78 is 49.6. The van der Waals surface area contributed by atoms with E-state index in [1.165, 1.54) is 19.3 Å². The van der Waals surface area contributed by atoms with Crippen molar-refractivity contribution < 1.29 is 27.8 Å². The molecule has 3 nitrogen and oxygen atoms in total. The van der Waals surface area contributed by atoms with E-state index in [9.17, 15) is 18.3 Å². The number of ether oxygens (including phenoxy) is 2. The zero-order valence-electron chi connectivity index (χ0n) is 10.3. The predicted octanol–water partition coefficient (Wildman–Crippen LogP) is 4.24. The lowest BCUT2D eigenvalue weighted by Crippen LogP contribution is -2.38. The number of methoxy groups -OCH3 is 1. The van der Waals surface area contributed by atoms with E-state index >= 15 is 0 Å². The van der Waals surface area contributed by atoms with Crippen molar-refractivity contribution in [3.63, 3.8) is 0 Å². The third-order valence-corrected chi connectivity index (χ3v) is 3.19. The van der Waals surface area contributed by atoms with Crippen LogP contribution in [0.1, 0.15) is 5.56 Å². The largest absolute Gasteiger partial charge is 0.508 e. The molecule has 108 valence electrons. The first-order valence-electron chi connectivity index (χ1n) is 5.44. The Labute approximate surface area is 121 Å². The number of fused-ring (bicyclic) bond motifs is 1. The molecule has 20 heavy (non-hydrogen) atoms. The Kier molecular flexibility index (Phi) is 3.73. The third-order valence-electron chi connectivity index (χ3n) is 2.73. The van der Waals surface area contributed by atoms with Gasteiger partial charge in [-0.1, -0.05) is 22.5 Å². The Balaban J connectivity index is 2.62. The van der Waals surface area contributed by atoms with Gasteiger partial charge in [0.15, 0.2) is 11.5 Å². The minimum atomic E-state index is -4.67. The van der Waals surface area contributed by atoms with Gasteiger partial charge in [-0.3, -0.25) is 0 Å². The molecule has 1 aliphatic rings. The first-order chi connectivity index (χ1) is 9.24. The second kappa shape index (κ2) is 5.05. The molecule has 1 N–H and O–H groups in total. The molecule has 0 spiro atoms. The highest BCUT2D eigenvalue weighted by atomic mass is 79.9. The van der Waals surface area contributed by atoms with Gasteiger partial charge in [0.25, 0.3) is 0 Å². The number of alkyl halides is 3. The van der Waals surface area contributed by atoms with Gasteiger partial charge in [-0.25, -0.2) is 0 Å². The maximum atomic E-state index is 13.0. The Hall–Kier alpha value is -1.63. The topological polar surface area (TPSA) is 38.7 Å². The summed E-state index contributed by atoms with van der Waals surface area (Å²) in [4.78, 5) is 0. The number of halogens is 4. The zero-order valence-corrected chi connectivity index (χ0v) is 11.9. The van der Waals surface area contributed by atoms with Crippen LogP contribution in [0.15, 0.2) is 34.5 Å². The molecular weight excluding hydrogens is 341 g/mol. The summed E-state index contributed by atoms with van der Waals surface area (Å²) in [5.74, 6) is -0.539. The Morgan fingerprint density at radius 2 is 2.10 bits per heavy atom. The lowest BCUT2D eigenvalue weighted by Gasteiger charge is -2.29. The average molecular weight is 351 g/mol. The van der Waals surface area contributed by atoms with Crippen LogP contribution in [0.2, 0.25) is 0 Å². The van der Waals surface area contributed by atoms with Gasteiger partial charge in [0.05, 0.1) is 7.11 Å². The lowest BCUT2D eigenvalue weighted by atomic mass is 9.99. The van der Waals surface area contributed by atoms with E-state index in [1.54, 1.807) is 6.07 Å². The van der Waals surface area contributed by atoms with Gasteiger partial charge in [0, 0.05) is 15.6 Å². The SMILES string of the molecule is C=C(O)C1=Cc2cc(Br)cc(OC)c2OC1C(F)(F)F. The van der Waals surface area contributed by atoms with Crippen LogP contribution in [-0.2, 0) is 0 Å². The third kappa shape index (κ3) is 2.63. The second-order valence-electron chi connectivity index (χ2n) is 4.11. The van der Waals surface area contributed by atoms with Crippen molar-refractivity contribution in [1.82, 2.24) is 0 Å². The molecule has 0 saturated carbocycles. The van der Waals surface area contributed by atoms with Crippen LogP contribution in [0, 0.1) is 0 Å². The first-order valence-corrected chi connectivity index (χ1v) is 6.24. The molecule has 1 aromatic rings. The fourth-order valence-corrected chi connectivity index (χ4v) is 2.33. The highest BCUT2D eigenvalue weighted by molar-refractivity contribution is 9.10. The molecule has 1 aromatic carbocycles. The second-order valence-corrected chi connectivity index (χ2v) is 5.03. The molecule has 7 heteroatoms. The lowest BCUT2D eigenvalue weighted by molar-refractivity contribution is -0.184. The zero-order chi connectivity index (χ0) is 15.1. The monoisotopic (exact) mass is 350 g/mol. The molecule has 1 unspecified atom stereocenters. The van der Waals surface area contributed by atoms with Crippen LogP contribution in [0.4, 0.5) is 13.2 Å². The van der Waals surface area contributed by atoms with E-state index in [4.69, 9.17) is 9.47 Å². The summed E-state index contributed by atoms with van der Waals surface area (Å²) in [6.45, 7) is 3.14. The Bertz CT molecular complexity index is 593. The Morgan fingerprint density at radius 1 is 1.45 bits per heavy atom. The normalized spacial score (nSPS) is 17.9. The fourth-order valence-electron chi connectivity index (χ4n) is 1.88. The summed E-state index contributed by atoms with van der Waals surface area (Å²) in [6, 6.07) is 3.06. The van der Waals surface area contributed by atoms with Crippen LogP contribution < -0.4 is 9.47 Å². The van der Waals surface area contributed by atoms with Crippen molar-refractivity contribution in [2.24, 2.45) is 0 Å². The molecule has 0 bridgehead atoms. The molecule has 0 aromatic heterocycles. The number of aliphatic hydroxyl groups is 1. The Morgan fingerprint density at radius 3 is 2.60 bits per heavy atom. The number of benzene rings is 1. The standard InChI is InChI=1S/C13H10BrF3O3/c1-6(18)9-4-7-3-8(14)5-10(19-2)11(7)20-12(9)13(15,16)17/h3-5,12,18H,1H2,2H3. The molecule has 1 atom stereocenters. The van der Waals surface area contributed by atoms with Gasteiger partial charge in [-0.2, -0.15) is 13.2 Å². The molecular formula is C13H10BrF3O3. The molecule has 0 radical (unpaired) electrons. The number of rotatable bonds is 2. The molecule has 0 amide bonds. The maximum Gasteiger partial charge on any atom is 0.429 e. The summed E-state index contributed by atoms with van der Waals surface area (Å²) in [7, 11) is 1.33.